The van der Waals surface area contributed by atoms with E-state index in [9.17, 15) is 4.79 Å². The van der Waals surface area contributed by atoms with Gasteiger partial charge in [-0.3, -0.25) is 4.79 Å². The first-order valence-corrected chi connectivity index (χ1v) is 7.34. The Morgan fingerprint density at radius 1 is 1.05 bits per heavy atom. The average Bonchev–Trinajstić information content (AvgIpc) is 3.40. The van der Waals surface area contributed by atoms with E-state index >= 15 is 0 Å². The number of carbonyl (C=O) groups is 1. The molecule has 1 aliphatic carbocycles. The number of ether oxygens (including phenoxy) is 2. The topological polar surface area (TPSA) is 47.6 Å². The highest BCUT2D eigenvalue weighted by atomic mass is 16.5. The largest absolute Gasteiger partial charge is 0.497 e. The minimum atomic E-state index is 0.103. The normalized spacial score (nSPS) is 13.5. The second-order valence-electron chi connectivity index (χ2n) is 5.41. The van der Waals surface area contributed by atoms with Crippen molar-refractivity contribution in [1.82, 2.24) is 0 Å². The number of nitrogens with one attached hydrogen (secondary N) is 1. The van der Waals surface area contributed by atoms with E-state index in [1.807, 2.05) is 42.5 Å². The molecule has 3 rings (SSSR count). The second kappa shape index (κ2) is 6.10. The van der Waals surface area contributed by atoms with Crippen LogP contribution in [-0.4, -0.2) is 20.1 Å². The smallest absolute Gasteiger partial charge is 0.227 e. The van der Waals surface area contributed by atoms with Crippen LogP contribution in [0.2, 0.25) is 0 Å². The van der Waals surface area contributed by atoms with Gasteiger partial charge in [0.25, 0.3) is 0 Å². The van der Waals surface area contributed by atoms with Crippen LogP contribution in [0.4, 0.5) is 5.69 Å². The van der Waals surface area contributed by atoms with Gasteiger partial charge >= 0.3 is 0 Å². The highest BCUT2D eigenvalue weighted by Crippen LogP contribution is 2.35. The maximum absolute atomic E-state index is 11.9. The number of hydrogen-bond acceptors (Lipinski definition) is 3. The quantitative estimate of drug-likeness (QED) is 0.915. The summed E-state index contributed by atoms with van der Waals surface area (Å²) in [4.78, 5) is 11.9. The average molecular weight is 297 g/mol. The molecule has 0 radical (unpaired) electrons. The van der Waals surface area contributed by atoms with Crippen molar-refractivity contribution in [3.8, 4) is 22.6 Å². The third-order valence-electron chi connectivity index (χ3n) is 3.82. The Kier molecular flexibility index (Phi) is 4.00. The number of methoxy groups -OCH3 is 2. The summed E-state index contributed by atoms with van der Waals surface area (Å²) in [6.45, 7) is 0. The zero-order valence-electron chi connectivity index (χ0n) is 12.8. The summed E-state index contributed by atoms with van der Waals surface area (Å²) >= 11 is 0. The molecule has 1 amide bonds. The monoisotopic (exact) mass is 297 g/mol. The first kappa shape index (κ1) is 14.4. The van der Waals surface area contributed by atoms with Gasteiger partial charge in [-0.2, -0.15) is 0 Å². The fourth-order valence-electron chi connectivity index (χ4n) is 2.37. The number of anilines is 1. The molecular weight excluding hydrogens is 278 g/mol. The number of hydrogen-bond donors (Lipinski definition) is 1. The minimum absolute atomic E-state index is 0.103. The second-order valence-corrected chi connectivity index (χ2v) is 5.41. The van der Waals surface area contributed by atoms with Crippen LogP contribution in [0.25, 0.3) is 11.1 Å². The maximum atomic E-state index is 11.9. The fraction of sp³-hybridized carbons (Fsp3) is 0.278. The third-order valence-corrected chi connectivity index (χ3v) is 3.82. The summed E-state index contributed by atoms with van der Waals surface area (Å²) < 4.78 is 10.6. The molecule has 2 aromatic carbocycles. The number of amides is 1. The van der Waals surface area contributed by atoms with E-state index < -0.39 is 0 Å². The molecule has 22 heavy (non-hydrogen) atoms. The van der Waals surface area contributed by atoms with Gasteiger partial charge in [-0.15, -0.1) is 0 Å². The van der Waals surface area contributed by atoms with Gasteiger partial charge in [0.1, 0.15) is 11.5 Å². The van der Waals surface area contributed by atoms with Gasteiger partial charge in [0.05, 0.1) is 14.2 Å². The zero-order valence-corrected chi connectivity index (χ0v) is 12.8. The molecule has 1 aliphatic rings. The van der Waals surface area contributed by atoms with Crippen molar-refractivity contribution >= 4 is 11.6 Å². The van der Waals surface area contributed by atoms with E-state index in [2.05, 4.69) is 5.32 Å². The lowest BCUT2D eigenvalue weighted by atomic mass is 10.0. The lowest BCUT2D eigenvalue weighted by Gasteiger charge is -2.12. The summed E-state index contributed by atoms with van der Waals surface area (Å²) in [5.41, 5.74) is 2.75. The van der Waals surface area contributed by atoms with E-state index in [-0.39, 0.29) is 11.8 Å². The van der Waals surface area contributed by atoms with Gasteiger partial charge in [0.2, 0.25) is 5.91 Å². The molecule has 0 unspecified atom stereocenters. The Morgan fingerprint density at radius 2 is 1.77 bits per heavy atom. The summed E-state index contributed by atoms with van der Waals surface area (Å²) in [6.07, 6.45) is 1.99. The van der Waals surface area contributed by atoms with Crippen LogP contribution in [0.1, 0.15) is 12.8 Å². The molecule has 0 bridgehead atoms. The van der Waals surface area contributed by atoms with E-state index in [4.69, 9.17) is 9.47 Å². The Balaban J connectivity index is 1.90. The molecule has 1 saturated carbocycles. The number of rotatable bonds is 5. The molecule has 0 aromatic heterocycles. The Labute approximate surface area is 130 Å². The van der Waals surface area contributed by atoms with Crippen molar-refractivity contribution in [3.05, 3.63) is 42.5 Å². The van der Waals surface area contributed by atoms with Crippen molar-refractivity contribution in [2.75, 3.05) is 19.5 Å². The molecule has 1 fully saturated rings. The standard InChI is InChI=1S/C18H19NO3/c1-21-15-8-5-12(6-9-15)16-11-14(7-10-17(16)22-2)19-18(20)13-3-4-13/h5-11,13H,3-4H2,1-2H3,(H,19,20). The summed E-state index contributed by atoms with van der Waals surface area (Å²) in [7, 11) is 3.29. The van der Waals surface area contributed by atoms with Crippen LogP contribution < -0.4 is 14.8 Å². The molecule has 2 aromatic rings. The molecule has 0 spiro atoms. The molecule has 4 heteroatoms. The van der Waals surface area contributed by atoms with Crippen molar-refractivity contribution < 1.29 is 14.3 Å². The van der Waals surface area contributed by atoms with Crippen LogP contribution in [-0.2, 0) is 4.79 Å². The maximum Gasteiger partial charge on any atom is 0.227 e. The molecule has 0 atom stereocenters. The molecule has 0 heterocycles. The van der Waals surface area contributed by atoms with Gasteiger partial charge in [-0.25, -0.2) is 0 Å². The Morgan fingerprint density at radius 3 is 2.36 bits per heavy atom. The van der Waals surface area contributed by atoms with Gasteiger partial charge in [-0.05, 0) is 48.7 Å². The summed E-state index contributed by atoms with van der Waals surface area (Å²) in [6, 6.07) is 13.5. The van der Waals surface area contributed by atoms with Crippen molar-refractivity contribution in [3.63, 3.8) is 0 Å². The van der Waals surface area contributed by atoms with Crippen LogP contribution in [0, 0.1) is 5.92 Å². The lowest BCUT2D eigenvalue weighted by Crippen LogP contribution is -2.13. The SMILES string of the molecule is COc1ccc(-c2cc(NC(=O)C3CC3)ccc2OC)cc1. The fourth-order valence-corrected chi connectivity index (χ4v) is 2.37. The molecule has 1 N–H and O–H groups in total. The van der Waals surface area contributed by atoms with E-state index in [1.54, 1.807) is 14.2 Å². The first-order valence-electron chi connectivity index (χ1n) is 7.34. The van der Waals surface area contributed by atoms with E-state index in [0.29, 0.717) is 0 Å². The lowest BCUT2D eigenvalue weighted by molar-refractivity contribution is -0.117. The molecular formula is C18H19NO3. The highest BCUT2D eigenvalue weighted by molar-refractivity contribution is 5.95. The third kappa shape index (κ3) is 3.06. The number of benzene rings is 2. The van der Waals surface area contributed by atoms with Crippen molar-refractivity contribution in [2.45, 2.75) is 12.8 Å². The Hall–Kier alpha value is -2.49. The van der Waals surface area contributed by atoms with Gasteiger partial charge in [0, 0.05) is 17.2 Å². The predicted octanol–water partition coefficient (Wildman–Crippen LogP) is 3.72. The van der Waals surface area contributed by atoms with Crippen LogP contribution >= 0.6 is 0 Å². The first-order chi connectivity index (χ1) is 10.7. The van der Waals surface area contributed by atoms with Crippen LogP contribution in [0.3, 0.4) is 0 Å². The molecule has 0 aliphatic heterocycles. The highest BCUT2D eigenvalue weighted by Gasteiger charge is 2.29. The predicted molar refractivity (Wildman–Crippen MR) is 86.3 cm³/mol. The van der Waals surface area contributed by atoms with E-state index in [0.717, 1.165) is 41.2 Å². The summed E-state index contributed by atoms with van der Waals surface area (Å²) in [5, 5.41) is 2.97. The van der Waals surface area contributed by atoms with Crippen LogP contribution in [0.5, 0.6) is 11.5 Å². The van der Waals surface area contributed by atoms with Gasteiger partial charge in [0.15, 0.2) is 0 Å². The molecule has 4 nitrogen and oxygen atoms in total. The summed E-state index contributed by atoms with van der Waals surface area (Å²) in [5.74, 6) is 1.87. The van der Waals surface area contributed by atoms with Gasteiger partial charge < -0.3 is 14.8 Å². The van der Waals surface area contributed by atoms with Gasteiger partial charge in [-0.1, -0.05) is 12.1 Å². The number of carbonyl (C=O) groups excluding carboxylic acids is 1. The van der Waals surface area contributed by atoms with Crippen molar-refractivity contribution in [2.24, 2.45) is 5.92 Å². The Bertz CT molecular complexity index is 675. The van der Waals surface area contributed by atoms with Crippen LogP contribution in [0.15, 0.2) is 42.5 Å². The zero-order chi connectivity index (χ0) is 15.5. The van der Waals surface area contributed by atoms with Crippen molar-refractivity contribution in [1.29, 1.82) is 0 Å². The molecule has 114 valence electrons. The van der Waals surface area contributed by atoms with E-state index in [1.165, 1.54) is 0 Å². The minimum Gasteiger partial charge on any atom is -0.497 e. The molecule has 0 saturated heterocycles.